The van der Waals surface area contributed by atoms with E-state index in [1.54, 1.807) is 0 Å². The minimum absolute atomic E-state index is 0.0871. The molecule has 100 valence electrons. The fourth-order valence-electron chi connectivity index (χ4n) is 2.63. The van der Waals surface area contributed by atoms with E-state index in [9.17, 15) is 8.42 Å². The molecular weight excluding hydrogens is 246 g/mol. The lowest BCUT2D eigenvalue weighted by Crippen LogP contribution is -2.27. The average Bonchev–Trinajstić information content (AvgIpc) is 2.73. The summed E-state index contributed by atoms with van der Waals surface area (Å²) in [7, 11) is -2.97. The number of sulfone groups is 1. The second kappa shape index (κ2) is 5.41. The van der Waals surface area contributed by atoms with Gasteiger partial charge in [-0.25, -0.2) is 8.42 Å². The summed E-state index contributed by atoms with van der Waals surface area (Å²) >= 11 is 0. The second-order valence-corrected chi connectivity index (χ2v) is 7.27. The molecule has 1 aliphatic rings. The first-order chi connectivity index (χ1) is 8.49. The number of hydrogen-bond acceptors (Lipinski definition) is 3. The van der Waals surface area contributed by atoms with Gasteiger partial charge in [0.2, 0.25) is 0 Å². The Morgan fingerprint density at radius 3 is 2.67 bits per heavy atom. The molecule has 2 rings (SSSR count). The first-order valence-electron chi connectivity index (χ1n) is 6.52. The zero-order valence-corrected chi connectivity index (χ0v) is 11.9. The number of fused-ring (bicyclic) bond motifs is 1. The Balaban J connectivity index is 2.25. The lowest BCUT2D eigenvalue weighted by Gasteiger charge is -2.18. The Morgan fingerprint density at radius 2 is 2.00 bits per heavy atom. The largest absolute Gasteiger partial charge is 0.309 e. The Kier molecular flexibility index (Phi) is 4.07. The molecule has 0 heterocycles. The van der Waals surface area contributed by atoms with E-state index in [0.717, 1.165) is 24.9 Å². The van der Waals surface area contributed by atoms with E-state index in [0.29, 0.717) is 0 Å². The van der Waals surface area contributed by atoms with Crippen LogP contribution in [-0.2, 0) is 22.7 Å². The lowest BCUT2D eigenvalue weighted by atomic mass is 10.0. The molecule has 0 spiro atoms. The first kappa shape index (κ1) is 13.6. The molecule has 0 saturated carbocycles. The van der Waals surface area contributed by atoms with Crippen molar-refractivity contribution in [3.8, 4) is 0 Å². The van der Waals surface area contributed by atoms with Crippen molar-refractivity contribution >= 4 is 9.84 Å². The highest BCUT2D eigenvalue weighted by molar-refractivity contribution is 7.90. The van der Waals surface area contributed by atoms with Crippen LogP contribution in [0.15, 0.2) is 18.2 Å². The molecule has 1 unspecified atom stereocenters. The van der Waals surface area contributed by atoms with Crippen LogP contribution < -0.4 is 5.32 Å². The topological polar surface area (TPSA) is 46.2 Å². The summed E-state index contributed by atoms with van der Waals surface area (Å²) in [6.45, 7) is 2.78. The fourth-order valence-corrected chi connectivity index (χ4v) is 3.55. The lowest BCUT2D eigenvalue weighted by molar-refractivity contribution is 0.563. The molecule has 0 aromatic heterocycles. The van der Waals surface area contributed by atoms with Gasteiger partial charge in [0, 0.05) is 12.3 Å². The van der Waals surface area contributed by atoms with E-state index in [4.69, 9.17) is 0 Å². The van der Waals surface area contributed by atoms with Gasteiger partial charge in [0.15, 0.2) is 0 Å². The van der Waals surface area contributed by atoms with E-state index in [1.165, 1.54) is 23.8 Å². The summed E-state index contributed by atoms with van der Waals surface area (Å²) in [6.07, 6.45) is 4.80. The van der Waals surface area contributed by atoms with E-state index >= 15 is 0 Å². The third kappa shape index (κ3) is 3.33. The highest BCUT2D eigenvalue weighted by Gasteiger charge is 2.19. The molecule has 1 aromatic rings. The van der Waals surface area contributed by atoms with Crippen molar-refractivity contribution in [3.05, 3.63) is 34.9 Å². The van der Waals surface area contributed by atoms with Crippen molar-refractivity contribution < 1.29 is 8.42 Å². The fraction of sp³-hybridized carbons (Fsp3) is 0.571. The number of benzene rings is 1. The normalized spacial score (nSPS) is 16.6. The number of nitrogens with one attached hydrogen (secondary N) is 1. The van der Waals surface area contributed by atoms with Gasteiger partial charge in [0.25, 0.3) is 0 Å². The molecule has 1 atom stereocenters. The standard InChI is InChI=1S/C14H21NO2S/c1-3-15-14(10-18(2,16)17)13-8-7-11-5-4-6-12(11)9-13/h7-9,14-15H,3-6,10H2,1-2H3. The SMILES string of the molecule is CCNC(CS(C)(=O)=O)c1ccc2c(c1)CCC2. The zero-order chi connectivity index (χ0) is 13.2. The van der Waals surface area contributed by atoms with Gasteiger partial charge in [0.05, 0.1) is 5.75 Å². The molecule has 0 aliphatic heterocycles. The van der Waals surface area contributed by atoms with Gasteiger partial charge >= 0.3 is 0 Å². The van der Waals surface area contributed by atoms with Gasteiger partial charge < -0.3 is 5.32 Å². The molecule has 0 fully saturated rings. The van der Waals surface area contributed by atoms with Crippen LogP contribution in [0.1, 0.15) is 36.1 Å². The minimum Gasteiger partial charge on any atom is -0.309 e. The molecule has 3 nitrogen and oxygen atoms in total. The summed E-state index contributed by atoms with van der Waals surface area (Å²) in [5.41, 5.74) is 3.92. The maximum Gasteiger partial charge on any atom is 0.149 e. The van der Waals surface area contributed by atoms with Crippen LogP contribution in [0.25, 0.3) is 0 Å². The van der Waals surface area contributed by atoms with Crippen LogP contribution in [0.3, 0.4) is 0 Å². The van der Waals surface area contributed by atoms with Crippen LogP contribution >= 0.6 is 0 Å². The summed E-state index contributed by atoms with van der Waals surface area (Å²) < 4.78 is 23.0. The van der Waals surface area contributed by atoms with Crippen LogP contribution in [0.2, 0.25) is 0 Å². The van der Waals surface area contributed by atoms with Crippen LogP contribution in [0.4, 0.5) is 0 Å². The minimum atomic E-state index is -2.97. The number of aryl methyl sites for hydroxylation is 2. The summed E-state index contributed by atoms with van der Waals surface area (Å²) in [5.74, 6) is 0.166. The van der Waals surface area contributed by atoms with Crippen LogP contribution in [0.5, 0.6) is 0 Å². The molecule has 1 N–H and O–H groups in total. The highest BCUT2D eigenvalue weighted by Crippen LogP contribution is 2.26. The summed E-state index contributed by atoms with van der Waals surface area (Å²) in [5, 5.41) is 3.27. The monoisotopic (exact) mass is 267 g/mol. The van der Waals surface area contributed by atoms with E-state index in [1.807, 2.05) is 6.92 Å². The van der Waals surface area contributed by atoms with Crippen molar-refractivity contribution in [2.45, 2.75) is 32.2 Å². The van der Waals surface area contributed by atoms with Crippen molar-refractivity contribution in [2.24, 2.45) is 0 Å². The highest BCUT2D eigenvalue weighted by atomic mass is 32.2. The van der Waals surface area contributed by atoms with Crippen LogP contribution in [0, 0.1) is 0 Å². The zero-order valence-electron chi connectivity index (χ0n) is 11.1. The van der Waals surface area contributed by atoms with Gasteiger partial charge in [-0.3, -0.25) is 0 Å². The molecular formula is C14H21NO2S. The van der Waals surface area contributed by atoms with E-state index < -0.39 is 9.84 Å². The Labute approximate surface area is 110 Å². The summed E-state index contributed by atoms with van der Waals surface area (Å²) in [6, 6.07) is 6.32. The first-order valence-corrected chi connectivity index (χ1v) is 8.58. The molecule has 0 amide bonds. The molecule has 1 aliphatic carbocycles. The smallest absolute Gasteiger partial charge is 0.149 e. The Bertz CT molecular complexity index is 523. The number of rotatable bonds is 5. The molecule has 4 heteroatoms. The van der Waals surface area contributed by atoms with Crippen molar-refractivity contribution in [1.29, 1.82) is 0 Å². The Morgan fingerprint density at radius 1 is 1.28 bits per heavy atom. The van der Waals surface area contributed by atoms with E-state index in [-0.39, 0.29) is 11.8 Å². The summed E-state index contributed by atoms with van der Waals surface area (Å²) in [4.78, 5) is 0. The van der Waals surface area contributed by atoms with Gasteiger partial charge in [-0.2, -0.15) is 0 Å². The molecule has 0 bridgehead atoms. The Hall–Kier alpha value is -0.870. The van der Waals surface area contributed by atoms with E-state index in [2.05, 4.69) is 23.5 Å². The third-order valence-corrected chi connectivity index (χ3v) is 4.38. The maximum absolute atomic E-state index is 11.5. The van der Waals surface area contributed by atoms with Crippen molar-refractivity contribution in [3.63, 3.8) is 0 Å². The van der Waals surface area contributed by atoms with Crippen molar-refractivity contribution in [1.82, 2.24) is 5.32 Å². The predicted octanol–water partition coefficient (Wildman–Crippen LogP) is 1.87. The molecule has 18 heavy (non-hydrogen) atoms. The molecule has 0 saturated heterocycles. The molecule has 0 radical (unpaired) electrons. The van der Waals surface area contributed by atoms with Gasteiger partial charge in [-0.1, -0.05) is 25.1 Å². The average molecular weight is 267 g/mol. The maximum atomic E-state index is 11.5. The van der Waals surface area contributed by atoms with Crippen molar-refractivity contribution in [2.75, 3.05) is 18.6 Å². The van der Waals surface area contributed by atoms with Crippen LogP contribution in [-0.4, -0.2) is 27.0 Å². The third-order valence-electron chi connectivity index (χ3n) is 3.44. The number of hydrogen-bond donors (Lipinski definition) is 1. The van der Waals surface area contributed by atoms with Gasteiger partial charge in [-0.15, -0.1) is 0 Å². The predicted molar refractivity (Wildman–Crippen MR) is 74.6 cm³/mol. The quantitative estimate of drug-likeness (QED) is 0.886. The van der Waals surface area contributed by atoms with Gasteiger partial charge in [0.1, 0.15) is 9.84 Å². The van der Waals surface area contributed by atoms with Gasteiger partial charge in [-0.05, 0) is 42.5 Å². The second-order valence-electron chi connectivity index (χ2n) is 5.08. The molecule has 1 aromatic carbocycles.